The van der Waals surface area contributed by atoms with Gasteiger partial charge in [-0.05, 0) is 17.9 Å². The van der Waals surface area contributed by atoms with Crippen molar-refractivity contribution < 1.29 is 4.74 Å². The van der Waals surface area contributed by atoms with Gasteiger partial charge in [-0.25, -0.2) is 4.98 Å². The second-order valence-electron chi connectivity index (χ2n) is 6.85. The largest absolute Gasteiger partial charge is 0.481 e. The second-order valence-corrected chi connectivity index (χ2v) is 6.85. The number of rotatable bonds is 2. The lowest BCUT2D eigenvalue weighted by Gasteiger charge is -2.22. The SMILES string of the molecule is COc1nc(C(C)(C)C)ccc1CC(C)(C)C. The number of nitrogens with zero attached hydrogens (tertiary/aromatic N) is 1. The molecule has 1 aromatic heterocycles. The lowest BCUT2D eigenvalue weighted by atomic mass is 9.87. The number of aromatic nitrogens is 1. The summed E-state index contributed by atoms with van der Waals surface area (Å²) in [4.78, 5) is 4.62. The fourth-order valence-electron chi connectivity index (χ4n) is 1.77. The van der Waals surface area contributed by atoms with Gasteiger partial charge >= 0.3 is 0 Å². The van der Waals surface area contributed by atoms with Gasteiger partial charge in [-0.2, -0.15) is 0 Å². The van der Waals surface area contributed by atoms with E-state index in [0.717, 1.165) is 18.0 Å². The highest BCUT2D eigenvalue weighted by atomic mass is 16.5. The first-order valence-electron chi connectivity index (χ1n) is 6.18. The summed E-state index contributed by atoms with van der Waals surface area (Å²) in [6.45, 7) is 13.2. The molecule has 0 saturated carbocycles. The molecular weight excluding hydrogens is 210 g/mol. The molecule has 0 fully saturated rings. The number of hydrogen-bond acceptors (Lipinski definition) is 2. The standard InChI is InChI=1S/C15H25NO/c1-14(2,3)10-11-8-9-12(15(4,5)6)16-13(11)17-7/h8-9H,10H2,1-7H3. The Morgan fingerprint density at radius 2 is 1.65 bits per heavy atom. The molecule has 2 heteroatoms. The van der Waals surface area contributed by atoms with E-state index in [2.05, 4.69) is 58.7 Å². The smallest absolute Gasteiger partial charge is 0.216 e. The molecule has 0 aromatic carbocycles. The minimum atomic E-state index is 0.0630. The van der Waals surface area contributed by atoms with Crippen LogP contribution in [0.5, 0.6) is 5.88 Å². The van der Waals surface area contributed by atoms with Gasteiger partial charge in [-0.1, -0.05) is 47.6 Å². The van der Waals surface area contributed by atoms with Gasteiger partial charge in [0.05, 0.1) is 7.11 Å². The summed E-state index contributed by atoms with van der Waals surface area (Å²) < 4.78 is 5.42. The molecule has 1 rings (SSSR count). The molecule has 0 atom stereocenters. The van der Waals surface area contributed by atoms with Crippen LogP contribution in [0.3, 0.4) is 0 Å². The quantitative estimate of drug-likeness (QED) is 0.773. The summed E-state index contributed by atoms with van der Waals surface area (Å²) in [7, 11) is 1.70. The molecule has 0 bridgehead atoms. The van der Waals surface area contributed by atoms with Crippen LogP contribution in [0, 0.1) is 5.41 Å². The van der Waals surface area contributed by atoms with E-state index in [4.69, 9.17) is 4.74 Å². The van der Waals surface area contributed by atoms with E-state index in [-0.39, 0.29) is 10.8 Å². The molecule has 2 nitrogen and oxygen atoms in total. The zero-order valence-electron chi connectivity index (χ0n) is 12.2. The van der Waals surface area contributed by atoms with Crippen molar-refractivity contribution in [3.8, 4) is 5.88 Å². The normalized spacial score (nSPS) is 12.6. The fourth-order valence-corrected chi connectivity index (χ4v) is 1.77. The van der Waals surface area contributed by atoms with Gasteiger partial charge in [-0.3, -0.25) is 0 Å². The molecule has 0 unspecified atom stereocenters. The summed E-state index contributed by atoms with van der Waals surface area (Å²) in [5.41, 5.74) is 2.58. The van der Waals surface area contributed by atoms with Crippen molar-refractivity contribution in [1.82, 2.24) is 4.98 Å². The van der Waals surface area contributed by atoms with Crippen LogP contribution in [-0.2, 0) is 11.8 Å². The van der Waals surface area contributed by atoms with Crippen molar-refractivity contribution in [2.24, 2.45) is 5.41 Å². The Balaban J connectivity index is 3.10. The van der Waals surface area contributed by atoms with Gasteiger partial charge < -0.3 is 4.74 Å². The molecule has 1 heterocycles. The van der Waals surface area contributed by atoms with Gasteiger partial charge in [0.25, 0.3) is 0 Å². The van der Waals surface area contributed by atoms with Crippen molar-refractivity contribution in [3.05, 3.63) is 23.4 Å². The monoisotopic (exact) mass is 235 g/mol. The highest BCUT2D eigenvalue weighted by Gasteiger charge is 2.20. The van der Waals surface area contributed by atoms with Crippen molar-refractivity contribution >= 4 is 0 Å². The fraction of sp³-hybridized carbons (Fsp3) is 0.667. The molecule has 0 N–H and O–H groups in total. The molecule has 0 saturated heterocycles. The first-order chi connectivity index (χ1) is 7.63. The zero-order chi connectivity index (χ0) is 13.3. The van der Waals surface area contributed by atoms with Gasteiger partial charge in [-0.15, -0.1) is 0 Å². The second kappa shape index (κ2) is 4.67. The Morgan fingerprint density at radius 3 is 2.06 bits per heavy atom. The Bertz CT molecular complexity index is 383. The molecule has 1 aromatic rings. The van der Waals surface area contributed by atoms with Crippen molar-refractivity contribution in [2.45, 2.75) is 53.4 Å². The Morgan fingerprint density at radius 1 is 1.06 bits per heavy atom. The first-order valence-corrected chi connectivity index (χ1v) is 6.18. The molecular formula is C15H25NO. The van der Waals surface area contributed by atoms with Crippen LogP contribution in [0.4, 0.5) is 0 Å². The van der Waals surface area contributed by atoms with E-state index in [9.17, 15) is 0 Å². The maximum atomic E-state index is 5.42. The molecule has 0 aliphatic carbocycles. The summed E-state index contributed by atoms with van der Waals surface area (Å²) >= 11 is 0. The maximum absolute atomic E-state index is 5.42. The van der Waals surface area contributed by atoms with Crippen molar-refractivity contribution in [3.63, 3.8) is 0 Å². The number of hydrogen-bond donors (Lipinski definition) is 0. The minimum absolute atomic E-state index is 0.0630. The lowest BCUT2D eigenvalue weighted by Crippen LogP contribution is -2.16. The summed E-state index contributed by atoms with van der Waals surface area (Å²) in [6.07, 6.45) is 0.980. The Kier molecular flexibility index (Phi) is 3.85. The van der Waals surface area contributed by atoms with Gasteiger partial charge in [0.1, 0.15) is 0 Å². The number of ether oxygens (including phenoxy) is 1. The molecule has 17 heavy (non-hydrogen) atoms. The zero-order valence-corrected chi connectivity index (χ0v) is 12.2. The number of pyridine rings is 1. The Labute approximate surface area is 105 Å². The highest BCUT2D eigenvalue weighted by molar-refractivity contribution is 5.31. The van der Waals surface area contributed by atoms with E-state index in [1.165, 1.54) is 5.56 Å². The molecule has 0 amide bonds. The average Bonchev–Trinajstić information content (AvgIpc) is 2.14. The van der Waals surface area contributed by atoms with Gasteiger partial charge in [0.15, 0.2) is 0 Å². The van der Waals surface area contributed by atoms with Crippen LogP contribution in [0.25, 0.3) is 0 Å². The maximum Gasteiger partial charge on any atom is 0.216 e. The van der Waals surface area contributed by atoms with Gasteiger partial charge in [0.2, 0.25) is 5.88 Å². The first kappa shape index (κ1) is 14.0. The molecule has 0 aliphatic rings. The van der Waals surface area contributed by atoms with Gasteiger partial charge in [0, 0.05) is 16.7 Å². The Hall–Kier alpha value is -1.05. The predicted octanol–water partition coefficient (Wildman–Crippen LogP) is 3.98. The van der Waals surface area contributed by atoms with E-state index in [1.54, 1.807) is 7.11 Å². The highest BCUT2D eigenvalue weighted by Crippen LogP contribution is 2.29. The average molecular weight is 235 g/mol. The van der Waals surface area contributed by atoms with Crippen LogP contribution < -0.4 is 4.74 Å². The van der Waals surface area contributed by atoms with Crippen molar-refractivity contribution in [2.75, 3.05) is 7.11 Å². The van der Waals surface area contributed by atoms with Crippen LogP contribution in [0.1, 0.15) is 52.8 Å². The third kappa shape index (κ3) is 4.03. The van der Waals surface area contributed by atoms with Crippen LogP contribution in [-0.4, -0.2) is 12.1 Å². The molecule has 96 valence electrons. The van der Waals surface area contributed by atoms with Crippen LogP contribution in [0.15, 0.2) is 12.1 Å². The van der Waals surface area contributed by atoms with E-state index in [1.807, 2.05) is 0 Å². The van der Waals surface area contributed by atoms with E-state index in [0.29, 0.717) is 0 Å². The van der Waals surface area contributed by atoms with Crippen LogP contribution >= 0.6 is 0 Å². The number of methoxy groups -OCH3 is 1. The predicted molar refractivity (Wildman–Crippen MR) is 72.6 cm³/mol. The molecule has 0 aliphatic heterocycles. The lowest BCUT2D eigenvalue weighted by molar-refractivity contribution is 0.364. The third-order valence-corrected chi connectivity index (χ3v) is 2.62. The van der Waals surface area contributed by atoms with Crippen molar-refractivity contribution in [1.29, 1.82) is 0 Å². The molecule has 0 spiro atoms. The topological polar surface area (TPSA) is 22.1 Å². The minimum Gasteiger partial charge on any atom is -0.481 e. The summed E-state index contributed by atoms with van der Waals surface area (Å²) in [5.74, 6) is 0.771. The van der Waals surface area contributed by atoms with E-state index >= 15 is 0 Å². The molecule has 0 radical (unpaired) electrons. The summed E-state index contributed by atoms with van der Waals surface area (Å²) in [5, 5.41) is 0. The summed E-state index contributed by atoms with van der Waals surface area (Å²) in [6, 6.07) is 4.27. The van der Waals surface area contributed by atoms with Crippen LogP contribution in [0.2, 0.25) is 0 Å². The van der Waals surface area contributed by atoms with E-state index < -0.39 is 0 Å². The third-order valence-electron chi connectivity index (χ3n) is 2.62.